The molecule has 4 nitrogen and oxygen atoms in total. The first-order valence-electron chi connectivity index (χ1n) is 8.43. The van der Waals surface area contributed by atoms with Gasteiger partial charge in [-0.15, -0.1) is 24.2 Å². The highest BCUT2D eigenvalue weighted by molar-refractivity contribution is 7.98. The van der Waals surface area contributed by atoms with E-state index in [9.17, 15) is 9.18 Å². The van der Waals surface area contributed by atoms with Crippen molar-refractivity contribution in [3.63, 3.8) is 0 Å². The van der Waals surface area contributed by atoms with Gasteiger partial charge in [0.15, 0.2) is 5.76 Å². The van der Waals surface area contributed by atoms with Crippen molar-refractivity contribution in [1.29, 1.82) is 0 Å². The molecule has 7 heteroatoms. The Bertz CT molecular complexity index is 916. The lowest BCUT2D eigenvalue weighted by Crippen LogP contribution is -2.37. The van der Waals surface area contributed by atoms with E-state index in [0.29, 0.717) is 28.5 Å². The predicted molar refractivity (Wildman–Crippen MR) is 110 cm³/mol. The fourth-order valence-corrected chi connectivity index (χ4v) is 3.53. The van der Waals surface area contributed by atoms with E-state index in [1.54, 1.807) is 18.2 Å². The normalized spacial score (nSPS) is 11.8. The number of carbonyl (C=O) groups excluding carboxylic acids is 1. The maximum atomic E-state index is 13.9. The zero-order chi connectivity index (χ0) is 18.5. The highest BCUT2D eigenvalue weighted by Crippen LogP contribution is 2.32. The summed E-state index contributed by atoms with van der Waals surface area (Å²) >= 11 is 1.35. The van der Waals surface area contributed by atoms with Crippen molar-refractivity contribution < 1.29 is 13.6 Å². The first kappa shape index (κ1) is 21.3. The zero-order valence-electron chi connectivity index (χ0n) is 15.1. The molecule has 1 heterocycles. The summed E-state index contributed by atoms with van der Waals surface area (Å²) in [5, 5.41) is 6.83. The van der Waals surface area contributed by atoms with Gasteiger partial charge in [-0.1, -0.05) is 30.3 Å². The summed E-state index contributed by atoms with van der Waals surface area (Å²) in [5.74, 6) is 0.215. The predicted octanol–water partition coefficient (Wildman–Crippen LogP) is 4.62. The van der Waals surface area contributed by atoms with Crippen LogP contribution < -0.4 is 10.6 Å². The Morgan fingerprint density at radius 2 is 1.89 bits per heavy atom. The van der Waals surface area contributed by atoms with Gasteiger partial charge in [0.05, 0.1) is 0 Å². The van der Waals surface area contributed by atoms with Gasteiger partial charge in [-0.05, 0) is 32.2 Å². The summed E-state index contributed by atoms with van der Waals surface area (Å²) in [5.41, 5.74) is 1.44. The van der Waals surface area contributed by atoms with Crippen LogP contribution in [0.5, 0.6) is 0 Å². The Balaban J connectivity index is 0.00000261. The molecule has 0 fully saturated rings. The molecule has 0 aliphatic carbocycles. The molecule has 0 radical (unpaired) electrons. The van der Waals surface area contributed by atoms with Crippen LogP contribution in [0.4, 0.5) is 4.39 Å². The molecule has 144 valence electrons. The van der Waals surface area contributed by atoms with Crippen LogP contribution >= 0.6 is 24.2 Å². The van der Waals surface area contributed by atoms with E-state index >= 15 is 0 Å². The lowest BCUT2D eigenvalue weighted by molar-refractivity contribution is 0.0924. The largest absolute Gasteiger partial charge is 0.451 e. The van der Waals surface area contributed by atoms with Crippen molar-refractivity contribution >= 4 is 41.0 Å². The number of para-hydroxylation sites is 1. The SMILES string of the molecule is CNC(C)CNC(=O)c1oc2ccccc2c1CSc1ccccc1F.Cl. The Morgan fingerprint density at radius 1 is 1.19 bits per heavy atom. The number of benzene rings is 2. The number of fused-ring (bicyclic) bond motifs is 1. The van der Waals surface area contributed by atoms with Gasteiger partial charge in [0.2, 0.25) is 0 Å². The minimum Gasteiger partial charge on any atom is -0.451 e. The summed E-state index contributed by atoms with van der Waals surface area (Å²) in [4.78, 5) is 13.2. The molecular formula is C20H22ClFN2O2S. The van der Waals surface area contributed by atoms with Crippen molar-refractivity contribution in [2.45, 2.75) is 23.6 Å². The molecule has 2 aromatic carbocycles. The van der Waals surface area contributed by atoms with Crippen LogP contribution in [0.3, 0.4) is 0 Å². The molecule has 0 aliphatic rings. The molecule has 27 heavy (non-hydrogen) atoms. The van der Waals surface area contributed by atoms with Gasteiger partial charge < -0.3 is 15.1 Å². The number of furan rings is 1. The minimum absolute atomic E-state index is 0. The molecule has 0 saturated carbocycles. The lowest BCUT2D eigenvalue weighted by Gasteiger charge is -2.11. The van der Waals surface area contributed by atoms with Crippen molar-refractivity contribution in [3.8, 4) is 0 Å². The van der Waals surface area contributed by atoms with Crippen molar-refractivity contribution in [1.82, 2.24) is 10.6 Å². The second-order valence-electron chi connectivity index (χ2n) is 6.02. The number of nitrogens with one attached hydrogen (secondary N) is 2. The van der Waals surface area contributed by atoms with Gasteiger partial charge in [-0.25, -0.2) is 4.39 Å². The monoisotopic (exact) mass is 408 g/mol. The van der Waals surface area contributed by atoms with Gasteiger partial charge >= 0.3 is 0 Å². The van der Waals surface area contributed by atoms with Crippen LogP contribution in [-0.4, -0.2) is 25.5 Å². The summed E-state index contributed by atoms with van der Waals surface area (Å²) in [6, 6.07) is 14.3. The molecule has 1 unspecified atom stereocenters. The molecule has 2 N–H and O–H groups in total. The van der Waals surface area contributed by atoms with Gasteiger partial charge in [-0.2, -0.15) is 0 Å². The third-order valence-electron chi connectivity index (χ3n) is 4.17. The number of carbonyl (C=O) groups is 1. The summed E-state index contributed by atoms with van der Waals surface area (Å²) in [6.45, 7) is 2.47. The van der Waals surface area contributed by atoms with Crippen LogP contribution in [0.25, 0.3) is 11.0 Å². The highest BCUT2D eigenvalue weighted by atomic mass is 35.5. The number of halogens is 2. The Hall–Kier alpha value is -2.02. The molecular weight excluding hydrogens is 387 g/mol. The van der Waals surface area contributed by atoms with Gasteiger partial charge in [0.1, 0.15) is 11.4 Å². The molecule has 3 aromatic rings. The van der Waals surface area contributed by atoms with E-state index in [1.165, 1.54) is 17.8 Å². The third kappa shape index (κ3) is 5.03. The number of hydrogen-bond acceptors (Lipinski definition) is 4. The fourth-order valence-electron chi connectivity index (χ4n) is 2.57. The van der Waals surface area contributed by atoms with Crippen LogP contribution in [0.2, 0.25) is 0 Å². The first-order valence-corrected chi connectivity index (χ1v) is 9.42. The van der Waals surface area contributed by atoms with Gasteiger partial charge in [-0.3, -0.25) is 4.79 Å². The molecule has 0 saturated heterocycles. The van der Waals surface area contributed by atoms with E-state index in [1.807, 2.05) is 38.2 Å². The maximum absolute atomic E-state index is 13.9. The Morgan fingerprint density at radius 3 is 2.63 bits per heavy atom. The summed E-state index contributed by atoms with van der Waals surface area (Å²) in [6.07, 6.45) is 0. The molecule has 1 atom stereocenters. The minimum atomic E-state index is -0.265. The van der Waals surface area contributed by atoms with E-state index in [0.717, 1.165) is 10.9 Å². The Kier molecular flexibility index (Phi) is 7.71. The van der Waals surface area contributed by atoms with E-state index in [-0.39, 0.29) is 30.2 Å². The third-order valence-corrected chi connectivity index (χ3v) is 5.25. The van der Waals surface area contributed by atoms with Gasteiger partial charge in [0.25, 0.3) is 5.91 Å². The number of hydrogen-bond donors (Lipinski definition) is 2. The second-order valence-corrected chi connectivity index (χ2v) is 7.04. The second kappa shape index (κ2) is 9.78. The molecule has 0 bridgehead atoms. The topological polar surface area (TPSA) is 54.3 Å². The standard InChI is InChI=1S/C20H21FN2O2S.ClH/c1-13(22-2)11-23-20(24)19-15(14-7-3-5-9-17(14)25-19)12-26-18-10-6-4-8-16(18)21;/h3-10,13,22H,11-12H2,1-2H3,(H,23,24);1H. The molecule has 3 rings (SSSR count). The van der Waals surface area contributed by atoms with Crippen molar-refractivity contribution in [2.24, 2.45) is 0 Å². The van der Waals surface area contributed by atoms with Crippen LogP contribution in [0.15, 0.2) is 57.8 Å². The fraction of sp³-hybridized carbons (Fsp3) is 0.250. The van der Waals surface area contributed by atoms with Crippen molar-refractivity contribution in [2.75, 3.05) is 13.6 Å². The maximum Gasteiger partial charge on any atom is 0.287 e. The Labute approximate surface area is 168 Å². The zero-order valence-corrected chi connectivity index (χ0v) is 16.8. The van der Waals surface area contributed by atoms with E-state index in [2.05, 4.69) is 10.6 Å². The highest BCUT2D eigenvalue weighted by Gasteiger charge is 2.21. The number of thioether (sulfide) groups is 1. The number of amides is 1. The van der Waals surface area contributed by atoms with Crippen LogP contribution in [0, 0.1) is 5.82 Å². The average molecular weight is 409 g/mol. The van der Waals surface area contributed by atoms with Crippen molar-refractivity contribution in [3.05, 3.63) is 65.7 Å². The first-order chi connectivity index (χ1) is 12.6. The number of rotatable bonds is 7. The van der Waals surface area contributed by atoms with Crippen LogP contribution in [-0.2, 0) is 5.75 Å². The molecule has 1 amide bonds. The van der Waals surface area contributed by atoms with Gasteiger partial charge in [0, 0.05) is 34.2 Å². The summed E-state index contributed by atoms with van der Waals surface area (Å²) in [7, 11) is 1.84. The lowest BCUT2D eigenvalue weighted by atomic mass is 10.1. The van der Waals surface area contributed by atoms with E-state index < -0.39 is 0 Å². The quantitative estimate of drug-likeness (QED) is 0.560. The van der Waals surface area contributed by atoms with E-state index in [4.69, 9.17) is 4.42 Å². The summed E-state index contributed by atoms with van der Waals surface area (Å²) < 4.78 is 19.7. The van der Waals surface area contributed by atoms with Crippen LogP contribution in [0.1, 0.15) is 23.0 Å². The molecule has 0 spiro atoms. The average Bonchev–Trinajstić information content (AvgIpc) is 3.04. The molecule has 0 aliphatic heterocycles. The smallest absolute Gasteiger partial charge is 0.287 e. The molecule has 1 aromatic heterocycles. The number of likely N-dealkylation sites (N-methyl/N-ethyl adjacent to an activating group) is 1.